The molecule has 1 N–H and O–H groups in total. The molecule has 1 heterocycles. The topological polar surface area (TPSA) is 40.5 Å². The minimum Gasteiger partial charge on any atom is -0.508 e. The Balaban J connectivity index is 2.30. The van der Waals surface area contributed by atoms with Crippen molar-refractivity contribution < 1.29 is 23.1 Å². The van der Waals surface area contributed by atoms with Gasteiger partial charge in [0.05, 0.1) is 12.1 Å². The van der Waals surface area contributed by atoms with Gasteiger partial charge in [0, 0.05) is 19.0 Å². The maximum Gasteiger partial charge on any atom is 0.265 e. The smallest absolute Gasteiger partial charge is 0.265 e. The summed E-state index contributed by atoms with van der Waals surface area (Å²) < 4.78 is 40.3. The molecule has 1 amide bonds. The molecular formula is C13H14F3NO2. The van der Waals surface area contributed by atoms with Gasteiger partial charge < -0.3 is 10.0 Å². The highest BCUT2D eigenvalue weighted by molar-refractivity contribution is 5.96. The lowest BCUT2D eigenvalue weighted by Gasteiger charge is -2.32. The van der Waals surface area contributed by atoms with Crippen LogP contribution in [-0.4, -0.2) is 34.9 Å². The van der Waals surface area contributed by atoms with Crippen LogP contribution in [0.25, 0.3) is 0 Å². The number of phenolic OH excluding ortho intramolecular Hbond substituents is 1. The van der Waals surface area contributed by atoms with Gasteiger partial charge in [0.2, 0.25) is 0 Å². The maximum atomic E-state index is 13.7. The average Bonchev–Trinajstić information content (AvgIpc) is 2.25. The number of hydrogen-bond acceptors (Lipinski definition) is 2. The number of carbonyl (C=O) groups excluding carboxylic acids is 1. The van der Waals surface area contributed by atoms with E-state index in [0.29, 0.717) is 0 Å². The van der Waals surface area contributed by atoms with Gasteiger partial charge in [0.1, 0.15) is 11.6 Å². The van der Waals surface area contributed by atoms with Crippen molar-refractivity contribution in [2.75, 3.05) is 13.1 Å². The Bertz CT molecular complexity index is 494. The van der Waals surface area contributed by atoms with Gasteiger partial charge in [-0.1, -0.05) is 0 Å². The third kappa shape index (κ3) is 2.83. The number of rotatable bonds is 1. The molecule has 6 heteroatoms. The van der Waals surface area contributed by atoms with Crippen LogP contribution in [-0.2, 0) is 0 Å². The van der Waals surface area contributed by atoms with E-state index in [9.17, 15) is 23.1 Å². The number of amides is 1. The molecule has 104 valence electrons. The number of halogens is 3. The van der Waals surface area contributed by atoms with Crippen LogP contribution in [0.1, 0.15) is 28.8 Å². The fraction of sp³-hybridized carbons (Fsp3) is 0.462. The first-order chi connectivity index (χ1) is 8.80. The highest BCUT2D eigenvalue weighted by Crippen LogP contribution is 2.29. The molecule has 0 spiro atoms. The molecule has 1 aromatic rings. The lowest BCUT2D eigenvalue weighted by molar-refractivity contribution is -0.0561. The summed E-state index contributed by atoms with van der Waals surface area (Å²) in [6.45, 7) is 0.956. The second-order valence-electron chi connectivity index (χ2n) is 4.81. The van der Waals surface area contributed by atoms with Crippen LogP contribution in [0, 0.1) is 12.7 Å². The van der Waals surface area contributed by atoms with E-state index in [1.54, 1.807) is 0 Å². The van der Waals surface area contributed by atoms with E-state index in [0.717, 1.165) is 11.0 Å². The fourth-order valence-electron chi connectivity index (χ4n) is 2.29. The summed E-state index contributed by atoms with van der Waals surface area (Å²) in [5.41, 5.74) is -0.0214. The first-order valence-corrected chi connectivity index (χ1v) is 5.96. The van der Waals surface area contributed by atoms with E-state index in [1.807, 2.05) is 0 Å². The number of hydrogen-bond donors (Lipinski definition) is 1. The Morgan fingerprint density at radius 3 is 2.68 bits per heavy atom. The van der Waals surface area contributed by atoms with Crippen LogP contribution in [0.2, 0.25) is 0 Å². The molecule has 0 unspecified atom stereocenters. The van der Waals surface area contributed by atoms with Gasteiger partial charge in [-0.3, -0.25) is 4.79 Å². The Hall–Kier alpha value is -1.72. The number of phenols is 1. The Labute approximate surface area is 108 Å². The molecule has 19 heavy (non-hydrogen) atoms. The number of aromatic hydroxyl groups is 1. The van der Waals surface area contributed by atoms with E-state index < -0.39 is 24.2 Å². The highest BCUT2D eigenvalue weighted by atomic mass is 19.3. The van der Waals surface area contributed by atoms with Crippen LogP contribution < -0.4 is 0 Å². The minimum atomic E-state index is -2.92. The quantitative estimate of drug-likeness (QED) is 0.854. The predicted octanol–water partition coefficient (Wildman–Crippen LogP) is 2.71. The molecular weight excluding hydrogens is 259 g/mol. The normalized spacial score (nSPS) is 18.4. The molecule has 1 fully saturated rings. The lowest BCUT2D eigenvalue weighted by atomic mass is 10.0. The van der Waals surface area contributed by atoms with Gasteiger partial charge in [-0.25, -0.2) is 13.2 Å². The molecule has 0 saturated carbocycles. The van der Waals surface area contributed by atoms with Crippen LogP contribution in [0.15, 0.2) is 12.1 Å². The first-order valence-electron chi connectivity index (χ1n) is 5.96. The molecule has 1 aromatic carbocycles. The van der Waals surface area contributed by atoms with Crippen molar-refractivity contribution in [3.8, 4) is 5.75 Å². The maximum absolute atomic E-state index is 13.7. The monoisotopic (exact) mass is 273 g/mol. The Morgan fingerprint density at radius 2 is 2.11 bits per heavy atom. The van der Waals surface area contributed by atoms with E-state index in [1.165, 1.54) is 13.0 Å². The van der Waals surface area contributed by atoms with Gasteiger partial charge in [-0.15, -0.1) is 0 Å². The number of likely N-dealkylation sites (tertiary alicyclic amines) is 1. The number of aryl methyl sites for hydroxylation is 1. The zero-order chi connectivity index (χ0) is 14.2. The summed E-state index contributed by atoms with van der Waals surface area (Å²) in [6, 6.07) is 2.04. The van der Waals surface area contributed by atoms with Crippen molar-refractivity contribution in [2.24, 2.45) is 0 Å². The zero-order valence-electron chi connectivity index (χ0n) is 10.4. The number of piperidine rings is 1. The largest absolute Gasteiger partial charge is 0.508 e. The van der Waals surface area contributed by atoms with E-state index in [4.69, 9.17) is 0 Å². The second-order valence-corrected chi connectivity index (χ2v) is 4.81. The Kier molecular flexibility index (Phi) is 3.43. The molecule has 3 nitrogen and oxygen atoms in total. The molecule has 0 atom stereocenters. The number of nitrogens with zero attached hydrogens (tertiary/aromatic N) is 1. The van der Waals surface area contributed by atoms with Gasteiger partial charge >= 0.3 is 0 Å². The molecule has 0 bridgehead atoms. The standard InChI is InChI=1S/C13H14F3NO2/c1-8-5-9(18)6-10(14)11(8)12(19)17-4-2-3-13(15,16)7-17/h5-6,18H,2-4,7H2,1H3. The second kappa shape index (κ2) is 4.75. The van der Waals surface area contributed by atoms with E-state index in [2.05, 4.69) is 0 Å². The van der Waals surface area contributed by atoms with Crippen LogP contribution in [0.5, 0.6) is 5.75 Å². The average molecular weight is 273 g/mol. The van der Waals surface area contributed by atoms with Crippen LogP contribution >= 0.6 is 0 Å². The van der Waals surface area contributed by atoms with Crippen LogP contribution in [0.4, 0.5) is 13.2 Å². The summed E-state index contributed by atoms with van der Waals surface area (Å²) in [5.74, 6) is -4.86. The van der Waals surface area contributed by atoms with Crippen molar-refractivity contribution in [1.29, 1.82) is 0 Å². The summed E-state index contributed by atoms with van der Waals surface area (Å²) in [7, 11) is 0. The van der Waals surface area contributed by atoms with Gasteiger partial charge in [-0.05, 0) is 25.0 Å². The molecule has 2 rings (SSSR count). The molecule has 0 radical (unpaired) electrons. The van der Waals surface area contributed by atoms with Crippen LogP contribution in [0.3, 0.4) is 0 Å². The number of benzene rings is 1. The van der Waals surface area contributed by atoms with Crippen molar-refractivity contribution in [2.45, 2.75) is 25.7 Å². The minimum absolute atomic E-state index is 0.189. The predicted molar refractivity (Wildman–Crippen MR) is 62.9 cm³/mol. The first kappa shape index (κ1) is 13.7. The number of alkyl halides is 2. The van der Waals surface area contributed by atoms with Crippen molar-refractivity contribution >= 4 is 5.91 Å². The van der Waals surface area contributed by atoms with E-state index in [-0.39, 0.29) is 36.3 Å². The van der Waals surface area contributed by atoms with Crippen molar-refractivity contribution in [3.63, 3.8) is 0 Å². The van der Waals surface area contributed by atoms with Crippen molar-refractivity contribution in [1.82, 2.24) is 4.90 Å². The summed E-state index contributed by atoms with van der Waals surface area (Å²) >= 11 is 0. The van der Waals surface area contributed by atoms with E-state index >= 15 is 0 Å². The molecule has 1 aliphatic rings. The molecule has 0 aliphatic carbocycles. The SMILES string of the molecule is Cc1cc(O)cc(F)c1C(=O)N1CCCC(F)(F)C1. The molecule has 0 aromatic heterocycles. The Morgan fingerprint density at radius 1 is 1.42 bits per heavy atom. The summed E-state index contributed by atoms with van der Waals surface area (Å²) in [6.07, 6.45) is -0.0642. The van der Waals surface area contributed by atoms with Gasteiger partial charge in [-0.2, -0.15) is 0 Å². The fourth-order valence-corrected chi connectivity index (χ4v) is 2.29. The van der Waals surface area contributed by atoms with Gasteiger partial charge in [0.25, 0.3) is 11.8 Å². The third-order valence-electron chi connectivity index (χ3n) is 3.17. The number of carbonyl (C=O) groups is 1. The van der Waals surface area contributed by atoms with Gasteiger partial charge in [0.15, 0.2) is 0 Å². The molecule has 1 aliphatic heterocycles. The third-order valence-corrected chi connectivity index (χ3v) is 3.17. The molecule has 1 saturated heterocycles. The summed E-state index contributed by atoms with van der Waals surface area (Å²) in [5, 5.41) is 9.21. The lowest BCUT2D eigenvalue weighted by Crippen LogP contribution is -2.46. The van der Waals surface area contributed by atoms with Crippen molar-refractivity contribution in [3.05, 3.63) is 29.1 Å². The zero-order valence-corrected chi connectivity index (χ0v) is 10.4. The highest BCUT2D eigenvalue weighted by Gasteiger charge is 2.38. The summed E-state index contributed by atoms with van der Waals surface area (Å²) in [4.78, 5) is 13.1.